The third-order valence-corrected chi connectivity index (χ3v) is 3.94. The lowest BCUT2D eigenvalue weighted by Crippen LogP contribution is -2.08. The van der Waals surface area contributed by atoms with Crippen molar-refractivity contribution in [1.29, 1.82) is 5.41 Å². The second-order valence-corrected chi connectivity index (χ2v) is 5.65. The fourth-order valence-electron chi connectivity index (χ4n) is 2.64. The standard InChI is InChI=1S/C19H18N6O2/c1-12-4-3-5-15(24-12)19(21)14(10-20)13-6-8-17-22-11-23-25(17)16(13)7-9-18(26)27-2/h3-11,20H,21H2,1-2H3/b9-7+,19-14?,20-10?. The number of ether oxygens (including phenoxy) is 1. The van der Waals surface area contributed by atoms with Gasteiger partial charge in [0.2, 0.25) is 0 Å². The predicted octanol–water partition coefficient (Wildman–Crippen LogP) is 2.10. The minimum atomic E-state index is -0.508. The van der Waals surface area contributed by atoms with Gasteiger partial charge in [0.25, 0.3) is 0 Å². The highest BCUT2D eigenvalue weighted by Gasteiger charge is 2.15. The van der Waals surface area contributed by atoms with Gasteiger partial charge in [0, 0.05) is 29.1 Å². The zero-order valence-electron chi connectivity index (χ0n) is 14.9. The molecule has 0 fully saturated rings. The first kappa shape index (κ1) is 18.0. The van der Waals surface area contributed by atoms with E-state index in [2.05, 4.69) is 19.8 Å². The number of carbonyl (C=O) groups is 1. The van der Waals surface area contributed by atoms with E-state index >= 15 is 0 Å². The van der Waals surface area contributed by atoms with Crippen LogP contribution in [0.1, 0.15) is 22.6 Å². The summed E-state index contributed by atoms with van der Waals surface area (Å²) in [6.45, 7) is 1.87. The Morgan fingerprint density at radius 2 is 2.11 bits per heavy atom. The van der Waals surface area contributed by atoms with E-state index in [0.717, 1.165) is 11.9 Å². The molecular weight excluding hydrogens is 344 g/mol. The van der Waals surface area contributed by atoms with Crippen molar-refractivity contribution in [2.24, 2.45) is 5.73 Å². The van der Waals surface area contributed by atoms with Gasteiger partial charge in [-0.2, -0.15) is 5.10 Å². The molecule has 8 nitrogen and oxygen atoms in total. The fourth-order valence-corrected chi connectivity index (χ4v) is 2.64. The number of nitrogens with one attached hydrogen (secondary N) is 1. The van der Waals surface area contributed by atoms with Crippen LogP contribution in [0.25, 0.3) is 23.0 Å². The van der Waals surface area contributed by atoms with E-state index in [1.165, 1.54) is 19.5 Å². The van der Waals surface area contributed by atoms with Crippen molar-refractivity contribution in [2.45, 2.75) is 6.92 Å². The number of methoxy groups -OCH3 is 1. The van der Waals surface area contributed by atoms with Crippen molar-refractivity contribution in [2.75, 3.05) is 7.11 Å². The average molecular weight is 362 g/mol. The number of pyridine rings is 2. The molecule has 0 aliphatic carbocycles. The number of rotatable bonds is 5. The van der Waals surface area contributed by atoms with Gasteiger partial charge in [0.05, 0.1) is 24.2 Å². The number of aryl methyl sites for hydroxylation is 1. The Bertz CT molecular complexity index is 1080. The van der Waals surface area contributed by atoms with Gasteiger partial charge < -0.3 is 15.9 Å². The Hall–Kier alpha value is -3.81. The van der Waals surface area contributed by atoms with Gasteiger partial charge in [-0.05, 0) is 37.3 Å². The van der Waals surface area contributed by atoms with Crippen LogP contribution in [0, 0.1) is 12.3 Å². The second kappa shape index (κ2) is 7.61. The molecule has 27 heavy (non-hydrogen) atoms. The first-order chi connectivity index (χ1) is 13.0. The minimum absolute atomic E-state index is 0.348. The summed E-state index contributed by atoms with van der Waals surface area (Å²) in [5, 5.41) is 12.1. The minimum Gasteiger partial charge on any atom is -0.466 e. The zero-order chi connectivity index (χ0) is 19.4. The van der Waals surface area contributed by atoms with E-state index in [9.17, 15) is 4.79 Å². The number of hydrogen-bond acceptors (Lipinski definition) is 7. The molecule has 3 N–H and O–H groups in total. The third-order valence-electron chi connectivity index (χ3n) is 3.94. The van der Waals surface area contributed by atoms with E-state index < -0.39 is 5.97 Å². The Morgan fingerprint density at radius 1 is 1.30 bits per heavy atom. The number of esters is 1. The maximum atomic E-state index is 11.6. The van der Waals surface area contributed by atoms with E-state index in [1.54, 1.807) is 28.8 Å². The van der Waals surface area contributed by atoms with Crippen molar-refractivity contribution >= 4 is 35.2 Å². The molecule has 3 heterocycles. The van der Waals surface area contributed by atoms with E-state index in [-0.39, 0.29) is 0 Å². The van der Waals surface area contributed by atoms with Crippen molar-refractivity contribution in [3.63, 3.8) is 0 Å². The summed E-state index contributed by atoms with van der Waals surface area (Å²) in [6.07, 6.45) is 5.41. The summed E-state index contributed by atoms with van der Waals surface area (Å²) in [7, 11) is 1.30. The van der Waals surface area contributed by atoms with Crippen LogP contribution in [0.5, 0.6) is 0 Å². The largest absolute Gasteiger partial charge is 0.466 e. The maximum Gasteiger partial charge on any atom is 0.330 e. The normalized spacial score (nSPS) is 12.2. The summed E-state index contributed by atoms with van der Waals surface area (Å²) >= 11 is 0. The molecule has 0 saturated carbocycles. The molecule has 8 heteroatoms. The number of nitrogens with two attached hydrogens (primary N) is 1. The van der Waals surface area contributed by atoms with Crippen LogP contribution >= 0.6 is 0 Å². The Balaban J connectivity index is 2.24. The molecule has 0 spiro atoms. The topological polar surface area (TPSA) is 119 Å². The lowest BCUT2D eigenvalue weighted by molar-refractivity contribution is -0.134. The quantitative estimate of drug-likeness (QED) is 0.407. The Labute approximate surface area is 155 Å². The number of aromatic nitrogens is 4. The van der Waals surface area contributed by atoms with Gasteiger partial charge in [0.15, 0.2) is 5.65 Å². The van der Waals surface area contributed by atoms with E-state index in [1.807, 2.05) is 19.1 Å². The lowest BCUT2D eigenvalue weighted by Gasteiger charge is -2.12. The van der Waals surface area contributed by atoms with Crippen molar-refractivity contribution in [3.8, 4) is 0 Å². The van der Waals surface area contributed by atoms with Gasteiger partial charge in [-0.1, -0.05) is 6.07 Å². The van der Waals surface area contributed by atoms with E-state index in [4.69, 9.17) is 11.1 Å². The van der Waals surface area contributed by atoms with Gasteiger partial charge in [0.1, 0.15) is 6.33 Å². The smallest absolute Gasteiger partial charge is 0.330 e. The first-order valence-electron chi connectivity index (χ1n) is 8.08. The van der Waals surface area contributed by atoms with Crippen LogP contribution in [-0.4, -0.2) is 38.9 Å². The molecule has 3 aromatic heterocycles. The van der Waals surface area contributed by atoms with Crippen LogP contribution in [0.15, 0.2) is 42.7 Å². The van der Waals surface area contributed by atoms with Crippen LogP contribution in [0.3, 0.4) is 0 Å². The number of carbonyl (C=O) groups excluding carboxylic acids is 1. The molecule has 136 valence electrons. The maximum absolute atomic E-state index is 11.6. The lowest BCUT2D eigenvalue weighted by atomic mass is 10.0. The SMILES string of the molecule is COC(=O)/C=C/c1c(C(C=N)=C(N)c2cccc(C)n2)ccc2ncnn12. The summed E-state index contributed by atoms with van der Waals surface area (Å²) in [4.78, 5) is 20.1. The van der Waals surface area contributed by atoms with Crippen LogP contribution < -0.4 is 5.73 Å². The molecular formula is C19H18N6O2. The van der Waals surface area contributed by atoms with Gasteiger partial charge in [-0.15, -0.1) is 0 Å². The Morgan fingerprint density at radius 3 is 2.81 bits per heavy atom. The molecule has 0 saturated heterocycles. The monoisotopic (exact) mass is 362 g/mol. The van der Waals surface area contributed by atoms with Crippen molar-refractivity contribution in [3.05, 3.63) is 65.4 Å². The predicted molar refractivity (Wildman–Crippen MR) is 103 cm³/mol. The molecule has 0 radical (unpaired) electrons. The number of fused-ring (bicyclic) bond motifs is 1. The molecule has 0 aliphatic heterocycles. The summed E-state index contributed by atoms with van der Waals surface area (Å²) in [6, 6.07) is 9.05. The van der Waals surface area contributed by atoms with Crippen LogP contribution in [-0.2, 0) is 9.53 Å². The Kier molecular flexibility index (Phi) is 5.07. The summed E-state index contributed by atoms with van der Waals surface area (Å²) in [5.41, 5.74) is 10.3. The third kappa shape index (κ3) is 3.59. The number of hydrogen-bond donors (Lipinski definition) is 2. The number of allylic oxidation sites excluding steroid dienone is 1. The first-order valence-corrected chi connectivity index (χ1v) is 8.08. The van der Waals surface area contributed by atoms with Crippen molar-refractivity contribution < 1.29 is 9.53 Å². The molecule has 0 bridgehead atoms. The molecule has 0 aliphatic rings. The highest BCUT2D eigenvalue weighted by atomic mass is 16.5. The van der Waals surface area contributed by atoms with Crippen LogP contribution in [0.2, 0.25) is 0 Å². The number of nitrogens with zero attached hydrogens (tertiary/aromatic N) is 4. The molecule has 0 aromatic carbocycles. The molecule has 0 atom stereocenters. The molecule has 0 unspecified atom stereocenters. The van der Waals surface area contributed by atoms with Crippen molar-refractivity contribution in [1.82, 2.24) is 19.6 Å². The van der Waals surface area contributed by atoms with Gasteiger partial charge in [-0.3, -0.25) is 4.98 Å². The highest BCUT2D eigenvalue weighted by molar-refractivity contribution is 6.18. The van der Waals surface area contributed by atoms with E-state index in [0.29, 0.717) is 33.9 Å². The highest BCUT2D eigenvalue weighted by Crippen LogP contribution is 2.25. The molecule has 3 rings (SSSR count). The summed E-state index contributed by atoms with van der Waals surface area (Å²) in [5.74, 6) is -0.508. The zero-order valence-corrected chi connectivity index (χ0v) is 14.9. The van der Waals surface area contributed by atoms with Crippen LogP contribution in [0.4, 0.5) is 0 Å². The molecule has 3 aromatic rings. The summed E-state index contributed by atoms with van der Waals surface area (Å²) < 4.78 is 6.22. The van der Waals surface area contributed by atoms with Gasteiger partial charge >= 0.3 is 5.97 Å². The molecule has 0 amide bonds. The average Bonchev–Trinajstić information content (AvgIpc) is 3.16. The fraction of sp³-hybridized carbons (Fsp3) is 0.105. The second-order valence-electron chi connectivity index (χ2n) is 5.65. The van der Waals surface area contributed by atoms with Gasteiger partial charge in [-0.25, -0.2) is 14.3 Å².